The van der Waals surface area contributed by atoms with Gasteiger partial charge in [-0.1, -0.05) is 30.3 Å². The quantitative estimate of drug-likeness (QED) is 0.813. The van der Waals surface area contributed by atoms with Crippen molar-refractivity contribution in [3.8, 4) is 0 Å². The van der Waals surface area contributed by atoms with E-state index < -0.39 is 0 Å². The zero-order valence-electron chi connectivity index (χ0n) is 13.5. The summed E-state index contributed by atoms with van der Waals surface area (Å²) in [6.07, 6.45) is 6.12. The van der Waals surface area contributed by atoms with Gasteiger partial charge in [-0.05, 0) is 12.0 Å². The van der Waals surface area contributed by atoms with Crippen LogP contribution < -0.4 is 0 Å². The Balaban J connectivity index is 1.36. The van der Waals surface area contributed by atoms with Crippen LogP contribution in [0.15, 0.2) is 42.7 Å². The Bertz CT molecular complexity index is 555. The standard InChI is InChI=1S/C18H26N4/c1-20-12-9-19-18(20)8-11-22-15-13-21(14-16-22)10-7-17-5-3-2-4-6-17/h2-6,9,12H,7-8,10-11,13-16H2,1H3. The van der Waals surface area contributed by atoms with Crippen LogP contribution in [0, 0.1) is 0 Å². The van der Waals surface area contributed by atoms with Crippen LogP contribution in [0.4, 0.5) is 0 Å². The highest BCUT2D eigenvalue weighted by Crippen LogP contribution is 2.06. The summed E-state index contributed by atoms with van der Waals surface area (Å²) in [4.78, 5) is 9.55. The number of piperazine rings is 1. The Morgan fingerprint density at radius 3 is 2.14 bits per heavy atom. The van der Waals surface area contributed by atoms with Gasteiger partial charge in [0.15, 0.2) is 0 Å². The predicted octanol–water partition coefficient (Wildman–Crippen LogP) is 1.82. The van der Waals surface area contributed by atoms with Crippen LogP contribution in [0.3, 0.4) is 0 Å². The van der Waals surface area contributed by atoms with Crippen LogP contribution in [0.1, 0.15) is 11.4 Å². The summed E-state index contributed by atoms with van der Waals surface area (Å²) in [5, 5.41) is 0. The lowest BCUT2D eigenvalue weighted by Crippen LogP contribution is -2.47. The van der Waals surface area contributed by atoms with Gasteiger partial charge in [-0.15, -0.1) is 0 Å². The van der Waals surface area contributed by atoms with Gasteiger partial charge in [-0.25, -0.2) is 4.98 Å². The number of imidazole rings is 1. The first-order valence-corrected chi connectivity index (χ1v) is 8.26. The number of rotatable bonds is 6. The van der Waals surface area contributed by atoms with Crippen molar-refractivity contribution in [3.63, 3.8) is 0 Å². The first-order valence-electron chi connectivity index (χ1n) is 8.26. The van der Waals surface area contributed by atoms with Gasteiger partial charge in [-0.3, -0.25) is 0 Å². The zero-order chi connectivity index (χ0) is 15.2. The molecule has 0 unspecified atom stereocenters. The van der Waals surface area contributed by atoms with Crippen molar-refractivity contribution in [2.45, 2.75) is 12.8 Å². The topological polar surface area (TPSA) is 24.3 Å². The summed E-state index contributed by atoms with van der Waals surface area (Å²) >= 11 is 0. The average molecular weight is 298 g/mol. The number of nitrogens with zero attached hydrogens (tertiary/aromatic N) is 4. The second-order valence-corrected chi connectivity index (χ2v) is 6.12. The molecule has 0 atom stereocenters. The molecule has 1 aromatic heterocycles. The fourth-order valence-corrected chi connectivity index (χ4v) is 3.06. The lowest BCUT2D eigenvalue weighted by molar-refractivity contribution is 0.134. The summed E-state index contributed by atoms with van der Waals surface area (Å²) < 4.78 is 2.12. The SMILES string of the molecule is Cn1ccnc1CCN1CCN(CCc2ccccc2)CC1. The molecule has 2 aromatic rings. The van der Waals surface area contributed by atoms with Crippen molar-refractivity contribution in [1.82, 2.24) is 19.4 Å². The maximum absolute atomic E-state index is 4.40. The molecule has 0 amide bonds. The molecule has 0 radical (unpaired) electrons. The van der Waals surface area contributed by atoms with Crippen molar-refractivity contribution in [3.05, 3.63) is 54.1 Å². The van der Waals surface area contributed by atoms with Gasteiger partial charge >= 0.3 is 0 Å². The average Bonchev–Trinajstić information content (AvgIpc) is 2.98. The van der Waals surface area contributed by atoms with Gasteiger partial charge in [-0.2, -0.15) is 0 Å². The van der Waals surface area contributed by atoms with Crippen molar-refractivity contribution in [2.75, 3.05) is 39.3 Å². The van der Waals surface area contributed by atoms with E-state index in [0.717, 1.165) is 19.4 Å². The summed E-state index contributed by atoms with van der Waals surface area (Å²) in [7, 11) is 2.07. The summed E-state index contributed by atoms with van der Waals surface area (Å²) in [6, 6.07) is 10.8. The molecular weight excluding hydrogens is 272 g/mol. The minimum Gasteiger partial charge on any atom is -0.338 e. The molecule has 4 nitrogen and oxygen atoms in total. The second kappa shape index (κ2) is 7.56. The molecule has 1 saturated heterocycles. The molecule has 4 heteroatoms. The van der Waals surface area contributed by atoms with Gasteiger partial charge in [0.1, 0.15) is 5.82 Å². The normalized spacial score (nSPS) is 17.0. The van der Waals surface area contributed by atoms with Gasteiger partial charge < -0.3 is 14.4 Å². The Kier molecular flexibility index (Phi) is 5.24. The van der Waals surface area contributed by atoms with Crippen molar-refractivity contribution < 1.29 is 0 Å². The minimum atomic E-state index is 1.05. The number of hydrogen-bond donors (Lipinski definition) is 0. The van der Waals surface area contributed by atoms with E-state index in [4.69, 9.17) is 0 Å². The third-order valence-electron chi connectivity index (χ3n) is 4.60. The summed E-state index contributed by atoms with van der Waals surface area (Å²) in [5.74, 6) is 1.19. The first-order chi connectivity index (χ1) is 10.8. The predicted molar refractivity (Wildman–Crippen MR) is 89.9 cm³/mol. The van der Waals surface area contributed by atoms with Gasteiger partial charge in [0.25, 0.3) is 0 Å². The molecule has 1 aromatic carbocycles. The molecule has 2 heterocycles. The highest BCUT2D eigenvalue weighted by molar-refractivity contribution is 5.14. The zero-order valence-corrected chi connectivity index (χ0v) is 13.5. The van der Waals surface area contributed by atoms with Crippen molar-refractivity contribution >= 4 is 0 Å². The van der Waals surface area contributed by atoms with Gasteiger partial charge in [0, 0.05) is 65.1 Å². The molecular formula is C18H26N4. The van der Waals surface area contributed by atoms with Crippen LogP contribution in [0.2, 0.25) is 0 Å². The molecule has 1 aliphatic heterocycles. The van der Waals surface area contributed by atoms with E-state index in [9.17, 15) is 0 Å². The Hall–Kier alpha value is -1.65. The molecule has 0 N–H and O–H groups in total. The van der Waals surface area contributed by atoms with Gasteiger partial charge in [0.05, 0.1) is 0 Å². The van der Waals surface area contributed by atoms with Crippen molar-refractivity contribution in [2.24, 2.45) is 7.05 Å². The third kappa shape index (κ3) is 4.18. The second-order valence-electron chi connectivity index (χ2n) is 6.12. The summed E-state index contributed by atoms with van der Waals surface area (Å²) in [5.41, 5.74) is 1.44. The minimum absolute atomic E-state index is 1.05. The molecule has 1 aliphatic rings. The molecule has 22 heavy (non-hydrogen) atoms. The molecule has 0 aliphatic carbocycles. The Labute approximate surface area is 133 Å². The number of aromatic nitrogens is 2. The molecule has 3 rings (SSSR count). The number of aryl methyl sites for hydroxylation is 1. The van der Waals surface area contributed by atoms with Crippen LogP contribution in [-0.4, -0.2) is 58.6 Å². The van der Waals surface area contributed by atoms with E-state index in [1.807, 2.05) is 12.4 Å². The Morgan fingerprint density at radius 1 is 0.909 bits per heavy atom. The largest absolute Gasteiger partial charge is 0.338 e. The Morgan fingerprint density at radius 2 is 1.55 bits per heavy atom. The monoisotopic (exact) mass is 298 g/mol. The smallest absolute Gasteiger partial charge is 0.109 e. The van der Waals surface area contributed by atoms with Crippen LogP contribution in [0.25, 0.3) is 0 Å². The van der Waals surface area contributed by atoms with Crippen LogP contribution in [-0.2, 0) is 19.9 Å². The highest BCUT2D eigenvalue weighted by Gasteiger charge is 2.16. The summed E-state index contributed by atoms with van der Waals surface area (Å²) in [6.45, 7) is 7.04. The maximum atomic E-state index is 4.40. The van der Waals surface area contributed by atoms with E-state index in [2.05, 4.69) is 56.7 Å². The molecule has 0 saturated carbocycles. The number of hydrogen-bond acceptors (Lipinski definition) is 3. The lowest BCUT2D eigenvalue weighted by atomic mass is 10.1. The van der Waals surface area contributed by atoms with Gasteiger partial charge in [0.2, 0.25) is 0 Å². The molecule has 0 bridgehead atoms. The van der Waals surface area contributed by atoms with E-state index in [-0.39, 0.29) is 0 Å². The molecule has 0 spiro atoms. The third-order valence-corrected chi connectivity index (χ3v) is 4.60. The van der Waals surface area contributed by atoms with E-state index in [0.29, 0.717) is 0 Å². The fraction of sp³-hybridized carbons (Fsp3) is 0.500. The van der Waals surface area contributed by atoms with Crippen molar-refractivity contribution in [1.29, 1.82) is 0 Å². The van der Waals surface area contributed by atoms with Crippen LogP contribution >= 0.6 is 0 Å². The number of benzene rings is 1. The highest BCUT2D eigenvalue weighted by atomic mass is 15.3. The first kappa shape index (κ1) is 15.3. The molecule has 118 valence electrons. The van der Waals surface area contributed by atoms with Crippen LogP contribution in [0.5, 0.6) is 0 Å². The lowest BCUT2D eigenvalue weighted by Gasteiger charge is -2.34. The maximum Gasteiger partial charge on any atom is 0.109 e. The van der Waals surface area contributed by atoms with E-state index in [1.54, 1.807) is 0 Å². The van der Waals surface area contributed by atoms with E-state index in [1.165, 1.54) is 44.1 Å². The molecule has 1 fully saturated rings. The van der Waals surface area contributed by atoms with E-state index >= 15 is 0 Å². The fourth-order valence-electron chi connectivity index (χ4n) is 3.06.